The highest BCUT2D eigenvalue weighted by molar-refractivity contribution is 6.30. The van der Waals surface area contributed by atoms with Crippen LogP contribution in [0.2, 0.25) is 5.02 Å². The third kappa shape index (κ3) is 3.53. The van der Waals surface area contributed by atoms with Crippen LogP contribution in [0.25, 0.3) is 11.0 Å². The van der Waals surface area contributed by atoms with Crippen molar-refractivity contribution in [1.29, 1.82) is 0 Å². The van der Waals surface area contributed by atoms with Gasteiger partial charge in [-0.3, -0.25) is 0 Å². The minimum Gasteiger partial charge on any atom is -0.422 e. The predicted octanol–water partition coefficient (Wildman–Crippen LogP) is 3.28. The molecule has 0 saturated heterocycles. The molecule has 1 aromatic heterocycles. The molecular formula is C20H21ClNO2+. The van der Waals surface area contributed by atoms with Gasteiger partial charge in [0.15, 0.2) is 0 Å². The number of hydrogen-bond donors (Lipinski definition) is 1. The Bertz CT molecular complexity index is 946. The van der Waals surface area contributed by atoms with Gasteiger partial charge in [0.25, 0.3) is 0 Å². The first-order valence-corrected chi connectivity index (χ1v) is 8.40. The molecule has 1 unspecified atom stereocenters. The number of rotatable bonds is 4. The first kappa shape index (κ1) is 16.7. The highest BCUT2D eigenvalue weighted by Gasteiger charge is 2.13. The Morgan fingerprint density at radius 1 is 1.08 bits per heavy atom. The predicted molar refractivity (Wildman–Crippen MR) is 97.7 cm³/mol. The second-order valence-electron chi connectivity index (χ2n) is 6.42. The summed E-state index contributed by atoms with van der Waals surface area (Å²) in [6.07, 6.45) is 0. The minimum absolute atomic E-state index is 0.290. The summed E-state index contributed by atoms with van der Waals surface area (Å²) in [6, 6.07) is 13.6. The molecule has 2 aromatic carbocycles. The molecule has 124 valence electrons. The van der Waals surface area contributed by atoms with E-state index >= 15 is 0 Å². The van der Waals surface area contributed by atoms with Crippen LogP contribution in [0, 0.1) is 13.8 Å². The molecule has 3 aromatic rings. The van der Waals surface area contributed by atoms with Gasteiger partial charge in [-0.25, -0.2) is 4.79 Å². The van der Waals surface area contributed by atoms with E-state index in [0.717, 1.165) is 40.2 Å². The lowest BCUT2D eigenvalue weighted by atomic mass is 10.0. The molecule has 0 radical (unpaired) electrons. The van der Waals surface area contributed by atoms with Crippen LogP contribution in [0.5, 0.6) is 0 Å². The zero-order chi connectivity index (χ0) is 17.3. The molecule has 0 bridgehead atoms. The van der Waals surface area contributed by atoms with Crippen molar-refractivity contribution in [3.63, 3.8) is 0 Å². The first-order chi connectivity index (χ1) is 11.4. The highest BCUT2D eigenvalue weighted by atomic mass is 35.5. The molecular weight excluding hydrogens is 322 g/mol. The van der Waals surface area contributed by atoms with Gasteiger partial charge >= 0.3 is 5.63 Å². The molecule has 0 spiro atoms. The molecule has 0 amide bonds. The Morgan fingerprint density at radius 3 is 2.62 bits per heavy atom. The largest absolute Gasteiger partial charge is 0.422 e. The Balaban J connectivity index is 1.92. The van der Waals surface area contributed by atoms with Crippen LogP contribution in [-0.2, 0) is 13.1 Å². The fourth-order valence-electron chi connectivity index (χ4n) is 3.05. The van der Waals surface area contributed by atoms with Crippen LogP contribution in [0.4, 0.5) is 0 Å². The summed E-state index contributed by atoms with van der Waals surface area (Å²) in [5.41, 5.74) is 4.76. The Hall–Kier alpha value is -2.10. The van der Waals surface area contributed by atoms with Crippen molar-refractivity contribution in [2.45, 2.75) is 26.9 Å². The van der Waals surface area contributed by atoms with Gasteiger partial charge in [-0.05, 0) is 37.1 Å². The third-order valence-corrected chi connectivity index (χ3v) is 4.64. The number of aryl methyl sites for hydroxylation is 2. The fraction of sp³-hybridized carbons (Fsp3) is 0.250. The highest BCUT2D eigenvalue weighted by Crippen LogP contribution is 2.22. The lowest BCUT2D eigenvalue weighted by Gasteiger charge is -2.16. The van der Waals surface area contributed by atoms with E-state index in [-0.39, 0.29) is 5.63 Å². The van der Waals surface area contributed by atoms with E-state index in [0.29, 0.717) is 5.58 Å². The standard InChI is InChI=1S/C20H20ClNO2/c1-13-7-8-18-16(10-19(23)24-20(18)14(13)2)12-22(3)11-15-5-4-6-17(21)9-15/h4-10H,11-12H2,1-3H3/p+1. The average molecular weight is 343 g/mol. The fourth-order valence-corrected chi connectivity index (χ4v) is 3.27. The Kier molecular flexibility index (Phi) is 4.74. The summed E-state index contributed by atoms with van der Waals surface area (Å²) in [7, 11) is 2.11. The molecule has 0 aliphatic heterocycles. The molecule has 3 rings (SSSR count). The van der Waals surface area contributed by atoms with E-state index in [1.807, 2.05) is 38.1 Å². The maximum Gasteiger partial charge on any atom is 0.336 e. The summed E-state index contributed by atoms with van der Waals surface area (Å²) >= 11 is 6.06. The van der Waals surface area contributed by atoms with Crippen LogP contribution in [-0.4, -0.2) is 7.05 Å². The number of halogens is 1. The summed E-state index contributed by atoms with van der Waals surface area (Å²) in [6.45, 7) is 5.61. The molecule has 1 N–H and O–H groups in total. The van der Waals surface area contributed by atoms with Gasteiger partial charge in [0, 0.05) is 27.6 Å². The van der Waals surface area contributed by atoms with Crippen molar-refractivity contribution in [3.8, 4) is 0 Å². The number of quaternary nitrogens is 1. The Morgan fingerprint density at radius 2 is 1.88 bits per heavy atom. The third-order valence-electron chi connectivity index (χ3n) is 4.40. The van der Waals surface area contributed by atoms with Crippen molar-refractivity contribution in [2.24, 2.45) is 0 Å². The summed E-state index contributed by atoms with van der Waals surface area (Å²) in [5, 5.41) is 1.76. The number of benzene rings is 2. The molecule has 0 fully saturated rings. The van der Waals surface area contributed by atoms with Gasteiger partial charge in [0.05, 0.1) is 7.05 Å². The molecule has 0 saturated carbocycles. The van der Waals surface area contributed by atoms with E-state index in [9.17, 15) is 4.79 Å². The number of fused-ring (bicyclic) bond motifs is 1. The normalized spacial score (nSPS) is 12.5. The number of hydrogen-bond acceptors (Lipinski definition) is 2. The lowest BCUT2D eigenvalue weighted by Crippen LogP contribution is -3.06. The van der Waals surface area contributed by atoms with Gasteiger partial charge in [0.1, 0.15) is 18.7 Å². The van der Waals surface area contributed by atoms with Crippen molar-refractivity contribution in [1.82, 2.24) is 0 Å². The smallest absolute Gasteiger partial charge is 0.336 e. The van der Waals surface area contributed by atoms with Gasteiger partial charge in [-0.15, -0.1) is 0 Å². The zero-order valence-electron chi connectivity index (χ0n) is 14.2. The van der Waals surface area contributed by atoms with Crippen molar-refractivity contribution in [3.05, 3.63) is 80.2 Å². The Labute approximate surface area is 146 Å². The summed E-state index contributed by atoms with van der Waals surface area (Å²) < 4.78 is 5.45. The van der Waals surface area contributed by atoms with Crippen LogP contribution in [0.15, 0.2) is 51.7 Å². The summed E-state index contributed by atoms with van der Waals surface area (Å²) in [5.74, 6) is 0. The maximum atomic E-state index is 12.0. The van der Waals surface area contributed by atoms with Crippen molar-refractivity contribution in [2.75, 3.05) is 7.05 Å². The molecule has 0 aliphatic rings. The lowest BCUT2D eigenvalue weighted by molar-refractivity contribution is -0.907. The van der Waals surface area contributed by atoms with Crippen LogP contribution >= 0.6 is 11.6 Å². The van der Waals surface area contributed by atoms with Gasteiger partial charge in [0.2, 0.25) is 0 Å². The van der Waals surface area contributed by atoms with E-state index < -0.39 is 0 Å². The quantitative estimate of drug-likeness (QED) is 0.738. The van der Waals surface area contributed by atoms with Crippen LogP contribution in [0.1, 0.15) is 22.3 Å². The summed E-state index contributed by atoms with van der Waals surface area (Å²) in [4.78, 5) is 13.2. The van der Waals surface area contributed by atoms with E-state index in [2.05, 4.69) is 19.2 Å². The van der Waals surface area contributed by atoms with E-state index in [4.69, 9.17) is 16.0 Å². The molecule has 1 heterocycles. The van der Waals surface area contributed by atoms with Crippen molar-refractivity contribution < 1.29 is 9.32 Å². The SMILES string of the molecule is Cc1ccc2c(C[NH+](C)Cc3cccc(Cl)c3)cc(=O)oc2c1C. The topological polar surface area (TPSA) is 34.7 Å². The maximum absolute atomic E-state index is 12.0. The average Bonchev–Trinajstić information content (AvgIpc) is 2.51. The zero-order valence-corrected chi connectivity index (χ0v) is 14.9. The number of nitrogens with one attached hydrogen (secondary N) is 1. The minimum atomic E-state index is -0.290. The van der Waals surface area contributed by atoms with Crippen LogP contribution < -0.4 is 10.5 Å². The molecule has 4 heteroatoms. The molecule has 3 nitrogen and oxygen atoms in total. The van der Waals surface area contributed by atoms with E-state index in [1.54, 1.807) is 6.07 Å². The molecule has 0 aliphatic carbocycles. The van der Waals surface area contributed by atoms with E-state index in [1.165, 1.54) is 10.5 Å². The first-order valence-electron chi connectivity index (χ1n) is 8.02. The van der Waals surface area contributed by atoms with Crippen LogP contribution in [0.3, 0.4) is 0 Å². The molecule has 1 atom stereocenters. The van der Waals surface area contributed by atoms with Gasteiger partial charge in [-0.1, -0.05) is 35.9 Å². The van der Waals surface area contributed by atoms with Crippen molar-refractivity contribution >= 4 is 22.6 Å². The van der Waals surface area contributed by atoms with Gasteiger partial charge < -0.3 is 9.32 Å². The second kappa shape index (κ2) is 6.80. The monoisotopic (exact) mass is 342 g/mol. The second-order valence-corrected chi connectivity index (χ2v) is 6.85. The van der Waals surface area contributed by atoms with Gasteiger partial charge in [-0.2, -0.15) is 0 Å². The molecule has 24 heavy (non-hydrogen) atoms.